The number of hydrogen-bond donors (Lipinski definition) is 0. The second-order valence-corrected chi connectivity index (χ2v) is 4.19. The van der Waals surface area contributed by atoms with Crippen molar-refractivity contribution in [2.75, 3.05) is 0 Å². The zero-order valence-corrected chi connectivity index (χ0v) is 8.79. The number of nitrogens with zero attached hydrogens (tertiary/aromatic N) is 2. The van der Waals surface area contributed by atoms with Crippen LogP contribution in [0.3, 0.4) is 0 Å². The van der Waals surface area contributed by atoms with Crippen molar-refractivity contribution in [2.24, 2.45) is 0 Å². The second-order valence-electron chi connectivity index (χ2n) is 3.75. The van der Waals surface area contributed by atoms with Gasteiger partial charge in [-0.25, -0.2) is 0 Å². The van der Waals surface area contributed by atoms with Gasteiger partial charge in [0.25, 0.3) is 5.56 Å². The Morgan fingerprint density at radius 3 is 3.13 bits per heavy atom. The lowest BCUT2D eigenvalue weighted by molar-refractivity contribution is 0.762. The van der Waals surface area contributed by atoms with E-state index in [4.69, 9.17) is 11.6 Å². The van der Waals surface area contributed by atoms with Gasteiger partial charge in [-0.15, -0.1) is 0 Å². The summed E-state index contributed by atoms with van der Waals surface area (Å²) in [5, 5.41) is 1.20. The summed E-state index contributed by atoms with van der Waals surface area (Å²) in [6.45, 7) is 0.945. The largest absolute Gasteiger partial charge is 0.329 e. The monoisotopic (exact) mass is 220 g/mol. The minimum atomic E-state index is -0.166. The number of fused-ring (bicyclic) bond motifs is 3. The van der Waals surface area contributed by atoms with Crippen molar-refractivity contribution in [3.8, 4) is 0 Å². The molecule has 0 fully saturated rings. The van der Waals surface area contributed by atoms with E-state index in [0.29, 0.717) is 10.4 Å². The Hall–Kier alpha value is -1.35. The first-order valence-corrected chi connectivity index (χ1v) is 5.32. The molecule has 2 aromatic rings. The maximum atomic E-state index is 11.7. The molecule has 0 saturated heterocycles. The SMILES string of the molecule is O=c1nc2n(c3ccc(Cl)cc13)CCC2. The van der Waals surface area contributed by atoms with Crippen LogP contribution in [0, 0.1) is 0 Å². The van der Waals surface area contributed by atoms with Crippen LogP contribution in [0.2, 0.25) is 5.02 Å². The Balaban J connectivity index is 2.50. The zero-order chi connectivity index (χ0) is 10.4. The quantitative estimate of drug-likeness (QED) is 0.681. The minimum absolute atomic E-state index is 0.166. The number of benzene rings is 1. The highest BCUT2D eigenvalue weighted by Crippen LogP contribution is 2.21. The number of hydrogen-bond acceptors (Lipinski definition) is 2. The molecule has 0 spiro atoms. The van der Waals surface area contributed by atoms with Crippen molar-refractivity contribution in [1.29, 1.82) is 0 Å². The topological polar surface area (TPSA) is 34.9 Å². The third-order valence-corrected chi connectivity index (χ3v) is 3.04. The van der Waals surface area contributed by atoms with Gasteiger partial charge in [0.1, 0.15) is 5.82 Å². The lowest BCUT2D eigenvalue weighted by Crippen LogP contribution is -2.14. The van der Waals surface area contributed by atoms with Crippen molar-refractivity contribution in [1.82, 2.24) is 9.55 Å². The molecule has 0 unspecified atom stereocenters. The van der Waals surface area contributed by atoms with Crippen LogP contribution >= 0.6 is 11.6 Å². The van der Waals surface area contributed by atoms with Gasteiger partial charge in [0.2, 0.25) is 0 Å². The molecular weight excluding hydrogens is 212 g/mol. The molecule has 4 heteroatoms. The number of aromatic nitrogens is 2. The van der Waals surface area contributed by atoms with E-state index in [1.165, 1.54) is 0 Å². The fourth-order valence-corrected chi connectivity index (χ4v) is 2.30. The molecule has 0 N–H and O–H groups in total. The standard InChI is InChI=1S/C11H9ClN2O/c12-7-3-4-9-8(6-7)11(15)13-10-2-1-5-14(9)10/h3-4,6H,1-2,5H2. The van der Waals surface area contributed by atoms with Crippen molar-refractivity contribution in [3.05, 3.63) is 39.4 Å². The van der Waals surface area contributed by atoms with Gasteiger partial charge in [-0.2, -0.15) is 4.98 Å². The average Bonchev–Trinajstić information content (AvgIpc) is 2.66. The fraction of sp³-hybridized carbons (Fsp3) is 0.273. The highest BCUT2D eigenvalue weighted by Gasteiger charge is 2.15. The van der Waals surface area contributed by atoms with Gasteiger partial charge in [0.05, 0.1) is 10.9 Å². The Morgan fingerprint density at radius 2 is 2.27 bits per heavy atom. The van der Waals surface area contributed by atoms with E-state index in [1.807, 2.05) is 12.1 Å². The highest BCUT2D eigenvalue weighted by molar-refractivity contribution is 6.31. The molecule has 3 nitrogen and oxygen atoms in total. The van der Waals surface area contributed by atoms with E-state index in [2.05, 4.69) is 9.55 Å². The van der Waals surface area contributed by atoms with Crippen molar-refractivity contribution < 1.29 is 0 Å². The lowest BCUT2D eigenvalue weighted by atomic mass is 10.2. The first kappa shape index (κ1) is 8.92. The summed E-state index contributed by atoms with van der Waals surface area (Å²) in [7, 11) is 0. The van der Waals surface area contributed by atoms with E-state index < -0.39 is 0 Å². The highest BCUT2D eigenvalue weighted by atomic mass is 35.5. The van der Waals surface area contributed by atoms with Crippen LogP contribution in [0.1, 0.15) is 12.2 Å². The van der Waals surface area contributed by atoms with E-state index in [1.54, 1.807) is 6.07 Å². The molecule has 3 rings (SSSR count). The van der Waals surface area contributed by atoms with Crippen LogP contribution < -0.4 is 5.56 Å². The molecule has 2 heterocycles. The van der Waals surface area contributed by atoms with Crippen LogP contribution in [0.4, 0.5) is 0 Å². The molecular formula is C11H9ClN2O. The molecule has 0 atom stereocenters. The Bertz CT molecular complexity index is 603. The summed E-state index contributed by atoms with van der Waals surface area (Å²) in [5.74, 6) is 0.898. The molecule has 76 valence electrons. The van der Waals surface area contributed by atoms with Gasteiger partial charge >= 0.3 is 0 Å². The average molecular weight is 221 g/mol. The summed E-state index contributed by atoms with van der Waals surface area (Å²) in [6.07, 6.45) is 1.96. The molecule has 0 amide bonds. The smallest absolute Gasteiger partial charge is 0.280 e. The molecule has 0 radical (unpaired) electrons. The number of aryl methyl sites for hydroxylation is 2. The Labute approximate surface area is 91.3 Å². The summed E-state index contributed by atoms with van der Waals surface area (Å²) in [5.41, 5.74) is 0.785. The summed E-state index contributed by atoms with van der Waals surface area (Å²) >= 11 is 5.87. The molecule has 1 aliphatic heterocycles. The first-order valence-electron chi connectivity index (χ1n) is 4.95. The molecule has 1 aromatic heterocycles. The third kappa shape index (κ3) is 1.27. The van der Waals surface area contributed by atoms with Gasteiger partial charge in [-0.3, -0.25) is 4.79 Å². The van der Waals surface area contributed by atoms with Gasteiger partial charge in [-0.05, 0) is 24.6 Å². The van der Waals surface area contributed by atoms with Gasteiger partial charge in [0.15, 0.2) is 0 Å². The van der Waals surface area contributed by atoms with Crippen LogP contribution in [0.5, 0.6) is 0 Å². The van der Waals surface area contributed by atoms with Gasteiger partial charge in [0, 0.05) is 18.0 Å². The molecule has 1 aliphatic rings. The van der Waals surface area contributed by atoms with Crippen molar-refractivity contribution in [2.45, 2.75) is 19.4 Å². The summed E-state index contributed by atoms with van der Waals surface area (Å²) in [6, 6.07) is 5.41. The van der Waals surface area contributed by atoms with Crippen LogP contribution in [-0.2, 0) is 13.0 Å². The van der Waals surface area contributed by atoms with Gasteiger partial charge < -0.3 is 4.57 Å². The van der Waals surface area contributed by atoms with Crippen molar-refractivity contribution in [3.63, 3.8) is 0 Å². The summed E-state index contributed by atoms with van der Waals surface area (Å²) < 4.78 is 2.10. The molecule has 1 aromatic carbocycles. The number of halogens is 1. The van der Waals surface area contributed by atoms with E-state index in [0.717, 1.165) is 30.7 Å². The zero-order valence-electron chi connectivity index (χ0n) is 8.03. The van der Waals surface area contributed by atoms with Crippen molar-refractivity contribution >= 4 is 22.5 Å². The normalized spacial score (nSPS) is 14.5. The first-order chi connectivity index (χ1) is 7.25. The van der Waals surface area contributed by atoms with Crippen LogP contribution in [0.25, 0.3) is 10.9 Å². The predicted octanol–water partition coefficient (Wildman–Crippen LogP) is 2.00. The van der Waals surface area contributed by atoms with E-state index in [-0.39, 0.29) is 5.56 Å². The maximum Gasteiger partial charge on any atom is 0.280 e. The van der Waals surface area contributed by atoms with Gasteiger partial charge in [-0.1, -0.05) is 11.6 Å². The van der Waals surface area contributed by atoms with E-state index >= 15 is 0 Å². The second kappa shape index (κ2) is 3.07. The summed E-state index contributed by atoms with van der Waals surface area (Å²) in [4.78, 5) is 15.8. The van der Waals surface area contributed by atoms with Crippen LogP contribution in [-0.4, -0.2) is 9.55 Å². The molecule has 15 heavy (non-hydrogen) atoms. The molecule has 0 aliphatic carbocycles. The van der Waals surface area contributed by atoms with Crippen LogP contribution in [0.15, 0.2) is 23.0 Å². The maximum absolute atomic E-state index is 11.7. The van der Waals surface area contributed by atoms with E-state index in [9.17, 15) is 4.79 Å². The number of rotatable bonds is 0. The molecule has 0 saturated carbocycles. The predicted molar refractivity (Wildman–Crippen MR) is 59.3 cm³/mol. The Morgan fingerprint density at radius 1 is 1.40 bits per heavy atom. The molecule has 0 bridgehead atoms. The lowest BCUT2D eigenvalue weighted by Gasteiger charge is -2.07. The minimum Gasteiger partial charge on any atom is -0.329 e. The Kier molecular flexibility index (Phi) is 1.83. The third-order valence-electron chi connectivity index (χ3n) is 2.80. The fourth-order valence-electron chi connectivity index (χ4n) is 2.13.